The van der Waals surface area contributed by atoms with E-state index in [2.05, 4.69) is 29.0 Å². The Labute approximate surface area is 461 Å². The van der Waals surface area contributed by atoms with Gasteiger partial charge in [-0.15, -0.1) is 0 Å². The molecule has 5 N–H and O–H groups in total. The van der Waals surface area contributed by atoms with Crippen molar-refractivity contribution in [1.29, 1.82) is 0 Å². The number of halogens is 1. The number of allylic oxidation sites excluding steroid dienone is 2. The van der Waals surface area contributed by atoms with E-state index in [1.54, 1.807) is 83.7 Å². The Hall–Kier alpha value is -6.41. The van der Waals surface area contributed by atoms with Gasteiger partial charge in [-0.1, -0.05) is 66.7 Å². The highest BCUT2D eigenvalue weighted by atomic mass is 19.1. The largest absolute Gasteiger partial charge is 0.507 e. The third-order valence-electron chi connectivity index (χ3n) is 16.8. The molecule has 18 nitrogen and oxygen atoms in total. The summed E-state index contributed by atoms with van der Waals surface area (Å²) in [7, 11) is 1.44. The summed E-state index contributed by atoms with van der Waals surface area (Å²) in [4.78, 5) is 74.4. The molecule has 428 valence electrons. The van der Waals surface area contributed by atoms with Crippen LogP contribution in [0.2, 0.25) is 0 Å². The number of phenolic OH excluding ortho intramolecular Hbond substituents is 2. The highest BCUT2D eigenvalue weighted by molar-refractivity contribution is 6.19. The van der Waals surface area contributed by atoms with Crippen molar-refractivity contribution in [2.24, 2.45) is 45.5 Å². The van der Waals surface area contributed by atoms with Crippen LogP contribution in [-0.4, -0.2) is 143 Å². The first-order chi connectivity index (χ1) is 37.4. The fourth-order valence-corrected chi connectivity index (χ4v) is 11.9. The number of carbonyl (C=O) groups excluding carboxylic acids is 4. The summed E-state index contributed by atoms with van der Waals surface area (Å²) < 4.78 is 38.8. The van der Waals surface area contributed by atoms with Gasteiger partial charge in [-0.2, -0.15) is 0 Å². The van der Waals surface area contributed by atoms with Gasteiger partial charge in [-0.25, -0.2) is 4.39 Å². The van der Waals surface area contributed by atoms with Gasteiger partial charge in [0, 0.05) is 119 Å². The second-order valence-electron chi connectivity index (χ2n) is 22.9. The van der Waals surface area contributed by atoms with E-state index in [-0.39, 0.29) is 61.9 Å². The number of hydrogen-bond acceptors (Lipinski definition) is 16. The second kappa shape index (κ2) is 23.7. The average molecular weight is 1100 g/mol. The van der Waals surface area contributed by atoms with Crippen LogP contribution in [0.5, 0.6) is 17.2 Å². The smallest absolute Gasteiger partial charge is 0.318 e. The van der Waals surface area contributed by atoms with Crippen molar-refractivity contribution in [3.63, 3.8) is 0 Å². The maximum Gasteiger partial charge on any atom is 0.318 e. The summed E-state index contributed by atoms with van der Waals surface area (Å²) in [5, 5.41) is 51.4. The van der Waals surface area contributed by atoms with Crippen LogP contribution < -0.4 is 25.7 Å². The molecule has 2 amide bonds. The lowest BCUT2D eigenvalue weighted by Gasteiger charge is -2.38. The van der Waals surface area contributed by atoms with Crippen molar-refractivity contribution in [2.45, 2.75) is 131 Å². The summed E-state index contributed by atoms with van der Waals surface area (Å²) in [6, 6.07) is 6.18. The molecule has 0 aromatic heterocycles. The number of ether oxygens (including phenoxy) is 4. The number of carbonyl (C=O) groups is 4. The Bertz CT molecular complexity index is 3050. The summed E-state index contributed by atoms with van der Waals surface area (Å²) in [5.74, 6) is -9.53. The van der Waals surface area contributed by atoms with E-state index in [1.807, 2.05) is 0 Å². The zero-order valence-corrected chi connectivity index (χ0v) is 47.4. The van der Waals surface area contributed by atoms with E-state index in [1.165, 1.54) is 38.5 Å². The lowest BCUT2D eigenvalue weighted by atomic mass is 9.78. The van der Waals surface area contributed by atoms with E-state index >= 15 is 4.79 Å². The molecule has 1 unspecified atom stereocenters. The van der Waals surface area contributed by atoms with E-state index in [4.69, 9.17) is 28.9 Å². The SMILES string of the molecule is CCC(C(=O)O[C@H]1[C@H](C)[C@H](O)[C@H](C)[C@@H](O)[C@@H](C)/C=C/C=C(/C)C(=O)Nc2c(O)c3c(O)c(C)c4c(c3c3c2=NC2(CCN(CC(C)C)CC2)N=3)C(=O)[C@@](C)(O/C=C/[C@H](OC)[C@H]1C)O4)C(=O)N1CCCN(c2ccc(F)cc2)CC1. The molecule has 1 spiro atoms. The predicted octanol–water partition coefficient (Wildman–Crippen LogP) is 6.63. The summed E-state index contributed by atoms with van der Waals surface area (Å²) in [5.41, 5.74) is 0.0742. The molecule has 0 aliphatic carbocycles. The number of ketones is 1. The number of fused-ring (bicyclic) bond motifs is 13. The van der Waals surface area contributed by atoms with Crippen LogP contribution in [-0.2, 0) is 28.6 Å². The summed E-state index contributed by atoms with van der Waals surface area (Å²) >= 11 is 0. The van der Waals surface area contributed by atoms with Gasteiger partial charge in [0.25, 0.3) is 11.7 Å². The third-order valence-corrected chi connectivity index (χ3v) is 16.8. The highest BCUT2D eigenvalue weighted by Crippen LogP contribution is 2.50. The number of benzene rings is 3. The van der Waals surface area contributed by atoms with E-state index in [9.17, 15) is 39.2 Å². The van der Waals surface area contributed by atoms with Crippen LogP contribution in [0.1, 0.15) is 104 Å². The van der Waals surface area contributed by atoms with E-state index < -0.39 is 101 Å². The summed E-state index contributed by atoms with van der Waals surface area (Å²) in [6.07, 6.45) is 4.91. The molecule has 3 aromatic carbocycles. The third kappa shape index (κ3) is 11.6. The number of likely N-dealkylation sites (tertiary alicyclic amines) is 1. The fraction of sp³-hybridized carbons (Fsp3) is 0.567. The van der Waals surface area contributed by atoms with Crippen molar-refractivity contribution in [3.05, 3.63) is 88.1 Å². The van der Waals surface area contributed by atoms with Crippen LogP contribution >= 0.6 is 0 Å². The van der Waals surface area contributed by atoms with Crippen molar-refractivity contribution < 1.29 is 62.9 Å². The minimum Gasteiger partial charge on any atom is -0.507 e. The number of amides is 2. The maximum atomic E-state index is 15.0. The Morgan fingerprint density at radius 2 is 1.57 bits per heavy atom. The first kappa shape index (κ1) is 58.7. The number of piperidine rings is 1. The zero-order chi connectivity index (χ0) is 57.4. The predicted molar refractivity (Wildman–Crippen MR) is 296 cm³/mol. The van der Waals surface area contributed by atoms with Crippen LogP contribution in [0, 0.1) is 48.2 Å². The number of aliphatic hydroxyl groups is 2. The van der Waals surface area contributed by atoms with Crippen molar-refractivity contribution >= 4 is 45.7 Å². The number of nitrogens with zero attached hydrogens (tertiary/aromatic N) is 5. The molecule has 10 atom stereocenters. The molecule has 6 aliphatic heterocycles. The number of aliphatic hydroxyl groups excluding tert-OH is 2. The first-order valence-corrected chi connectivity index (χ1v) is 27.8. The minimum atomic E-state index is -2.05. The van der Waals surface area contributed by atoms with Crippen LogP contribution in [0.15, 0.2) is 70.4 Å². The standard InChI is InChI=1S/C60H79FN6O12/c1-12-41(57(74)67-25-14-24-66(28-29-67)40-19-17-39(61)18-20-40)58(75)78-53-35(6)42(76-11)21-30-77-59(10)55(72)45-43-44(51(70)38(9)54(45)79-59)52(71)48(47-46(43)63-60(64-47)22-26-65(27-23-60)31-32(2)3)62-56(73)34(5)16-13-15-33(4)49(68)36(7)50(69)37(53)8/h13,15-21,30,32-33,35-37,41-42,49-50,53,68-71H,12,14,22-29,31H2,1-11H3,(H,62,73)/b15-13+,30-21+,34-16-/t33-,35+,36+,37+,41?,42-,49-,50+,53+,59-/m0/s1. The molecule has 9 rings (SSSR count). The molecular weight excluding hydrogens is 1020 g/mol. The molecule has 6 heterocycles. The Morgan fingerprint density at radius 3 is 2.23 bits per heavy atom. The molecule has 2 saturated heterocycles. The van der Waals surface area contributed by atoms with Gasteiger partial charge < -0.3 is 59.4 Å². The van der Waals surface area contributed by atoms with Gasteiger partial charge in [-0.05, 0) is 62.9 Å². The Kier molecular flexibility index (Phi) is 17.6. The normalized spacial score (nSPS) is 29.6. The highest BCUT2D eigenvalue weighted by Gasteiger charge is 2.50. The van der Waals surface area contributed by atoms with Gasteiger partial charge in [0.1, 0.15) is 40.4 Å². The van der Waals surface area contributed by atoms with Gasteiger partial charge in [0.05, 0.1) is 40.9 Å². The number of phenols is 2. The molecule has 0 saturated carbocycles. The molecule has 5 bridgehead atoms. The fourth-order valence-electron chi connectivity index (χ4n) is 11.9. The average Bonchev–Trinajstić information content (AvgIpc) is 4.06. The molecule has 19 heteroatoms. The van der Waals surface area contributed by atoms with Crippen LogP contribution in [0.25, 0.3) is 10.8 Å². The quantitative estimate of drug-likeness (QED) is 0.0906. The van der Waals surface area contributed by atoms with Gasteiger partial charge >= 0.3 is 11.8 Å². The Morgan fingerprint density at radius 1 is 0.886 bits per heavy atom. The van der Waals surface area contributed by atoms with Crippen molar-refractivity contribution in [3.8, 4) is 17.2 Å². The monoisotopic (exact) mass is 1090 g/mol. The molecule has 6 aliphatic rings. The van der Waals surface area contributed by atoms with E-state index in [0.717, 1.165) is 12.2 Å². The minimum absolute atomic E-state index is 0.00294. The van der Waals surface area contributed by atoms with Gasteiger partial charge in [-0.3, -0.25) is 29.2 Å². The number of rotatable bonds is 8. The molecule has 79 heavy (non-hydrogen) atoms. The van der Waals surface area contributed by atoms with E-state index in [0.29, 0.717) is 64.4 Å². The van der Waals surface area contributed by atoms with Gasteiger partial charge in [0.2, 0.25) is 5.91 Å². The number of aromatic hydroxyl groups is 2. The topological polar surface area (TPSA) is 233 Å². The van der Waals surface area contributed by atoms with Crippen molar-refractivity contribution in [1.82, 2.24) is 9.80 Å². The number of hydrogen-bond donors (Lipinski definition) is 5. The first-order valence-electron chi connectivity index (χ1n) is 27.8. The Balaban J connectivity index is 1.16. The van der Waals surface area contributed by atoms with Crippen molar-refractivity contribution in [2.75, 3.05) is 63.1 Å². The molecule has 0 radical (unpaired) electrons. The maximum absolute atomic E-state index is 15.0. The second-order valence-corrected chi connectivity index (χ2v) is 22.9. The number of anilines is 2. The number of nitrogens with one attached hydrogen (secondary N) is 1. The van der Waals surface area contributed by atoms with Crippen LogP contribution in [0.4, 0.5) is 15.8 Å². The zero-order valence-electron chi connectivity index (χ0n) is 47.4. The number of methoxy groups -OCH3 is 1. The molecule has 2 fully saturated rings. The lowest BCUT2D eigenvalue weighted by molar-refractivity contribution is -0.171. The number of esters is 1. The molecular formula is C60H79FN6O12. The molecule has 3 aromatic rings. The summed E-state index contributed by atoms with van der Waals surface area (Å²) in [6.45, 7) is 21.5. The number of Topliss-reactive ketones (excluding diaryl/α,β-unsaturated/α-hetero) is 1. The van der Waals surface area contributed by atoms with Crippen LogP contribution in [0.3, 0.4) is 0 Å². The lowest BCUT2D eigenvalue weighted by Crippen LogP contribution is -2.48. The van der Waals surface area contributed by atoms with Gasteiger partial charge in [0.15, 0.2) is 11.4 Å².